The van der Waals surface area contributed by atoms with Crippen LogP contribution >= 0.6 is 0 Å². The van der Waals surface area contributed by atoms with Crippen LogP contribution in [0.5, 0.6) is 0 Å². The van der Waals surface area contributed by atoms with E-state index in [9.17, 15) is 0 Å². The normalized spacial score (nSPS) is 31.3. The summed E-state index contributed by atoms with van der Waals surface area (Å²) >= 11 is 0. The summed E-state index contributed by atoms with van der Waals surface area (Å²) in [7, 11) is 0. The summed E-state index contributed by atoms with van der Waals surface area (Å²) in [5, 5.41) is 8.49. The minimum Gasteiger partial charge on any atom is -0.367 e. The zero-order valence-corrected chi connectivity index (χ0v) is 19.1. The van der Waals surface area contributed by atoms with Gasteiger partial charge in [-0.05, 0) is 57.1 Å². The maximum absolute atomic E-state index is 5.00. The number of hydrogen-bond acceptors (Lipinski definition) is 7. The molecule has 2 bridgehead atoms. The van der Waals surface area contributed by atoms with Crippen molar-refractivity contribution < 1.29 is 0 Å². The van der Waals surface area contributed by atoms with Crippen molar-refractivity contribution in [3.05, 3.63) is 24.4 Å². The molecule has 0 aliphatic carbocycles. The number of aromatic nitrogens is 2. The molecule has 0 spiro atoms. The molecule has 4 N–H and O–H groups in total. The first-order valence-electron chi connectivity index (χ1n) is 12.1. The second kappa shape index (κ2) is 8.88. The van der Waals surface area contributed by atoms with Gasteiger partial charge in [-0.25, -0.2) is 10.4 Å². The van der Waals surface area contributed by atoms with Crippen LogP contribution in [0.15, 0.2) is 24.4 Å². The Morgan fingerprint density at radius 1 is 1.13 bits per heavy atom. The molecule has 2 aromatic rings. The molecule has 31 heavy (non-hydrogen) atoms. The van der Waals surface area contributed by atoms with E-state index in [2.05, 4.69) is 64.3 Å². The number of nitrogens with one attached hydrogen (secondary N) is 4. The van der Waals surface area contributed by atoms with Gasteiger partial charge in [-0.3, -0.25) is 15.3 Å². The molecule has 3 aliphatic heterocycles. The number of hydrogen-bond donors (Lipinski definition) is 4. The summed E-state index contributed by atoms with van der Waals surface area (Å²) in [5.74, 6) is 2.57. The minimum absolute atomic E-state index is 0.176. The predicted molar refractivity (Wildman–Crippen MR) is 127 cm³/mol. The van der Waals surface area contributed by atoms with E-state index >= 15 is 0 Å². The Balaban J connectivity index is 1.36. The highest BCUT2D eigenvalue weighted by Gasteiger charge is 2.38. The fourth-order valence-electron chi connectivity index (χ4n) is 5.76. The lowest BCUT2D eigenvalue weighted by atomic mass is 9.81. The molecule has 0 amide bonds. The molecule has 7 heteroatoms. The molecule has 0 radical (unpaired) electrons. The van der Waals surface area contributed by atoms with E-state index in [0.29, 0.717) is 24.2 Å². The van der Waals surface area contributed by atoms with E-state index in [1.807, 2.05) is 12.3 Å². The van der Waals surface area contributed by atoms with Gasteiger partial charge in [-0.2, -0.15) is 0 Å². The second-order valence-corrected chi connectivity index (χ2v) is 10.2. The molecule has 2 aromatic heterocycles. The Morgan fingerprint density at radius 2 is 1.94 bits per heavy atom. The molecule has 0 saturated carbocycles. The fourth-order valence-corrected chi connectivity index (χ4v) is 5.76. The van der Waals surface area contributed by atoms with Gasteiger partial charge in [0.2, 0.25) is 0 Å². The van der Waals surface area contributed by atoms with Gasteiger partial charge in [0.25, 0.3) is 0 Å². The van der Waals surface area contributed by atoms with Gasteiger partial charge in [0.05, 0.1) is 11.7 Å². The first-order valence-corrected chi connectivity index (χ1v) is 12.1. The lowest BCUT2D eigenvalue weighted by molar-refractivity contribution is 0.0254. The van der Waals surface area contributed by atoms with E-state index < -0.39 is 0 Å². The summed E-state index contributed by atoms with van der Waals surface area (Å²) < 4.78 is 0. The highest BCUT2D eigenvalue weighted by molar-refractivity contribution is 5.91. The quantitative estimate of drug-likeness (QED) is 0.564. The number of fused-ring (bicyclic) bond motifs is 3. The van der Waals surface area contributed by atoms with E-state index in [0.717, 1.165) is 34.9 Å². The van der Waals surface area contributed by atoms with Crippen molar-refractivity contribution in [2.75, 3.05) is 17.2 Å². The molecule has 3 unspecified atom stereocenters. The summed E-state index contributed by atoms with van der Waals surface area (Å²) in [5.41, 5.74) is 7.56. The minimum atomic E-state index is 0.176. The molecule has 0 aromatic carbocycles. The van der Waals surface area contributed by atoms with Gasteiger partial charge in [-0.1, -0.05) is 20.3 Å². The maximum atomic E-state index is 5.00. The molecule has 3 aliphatic rings. The summed E-state index contributed by atoms with van der Waals surface area (Å²) in [6.07, 6.45) is 9.50. The van der Waals surface area contributed by atoms with Gasteiger partial charge in [0, 0.05) is 48.4 Å². The average Bonchev–Trinajstić information content (AvgIpc) is 3.13. The molecule has 5 atom stereocenters. The Kier molecular flexibility index (Phi) is 5.99. The molecule has 3 saturated heterocycles. The Morgan fingerprint density at radius 3 is 2.65 bits per heavy atom. The SMILES string of the molecule is CC(C)CN1[C@@H]2CCC[C@H]1CC(Nc1nc(NC3CC(C)NN3)cc3ncccc13)C2. The smallest absolute Gasteiger partial charge is 0.138 e. The highest BCUT2D eigenvalue weighted by Crippen LogP contribution is 2.36. The second-order valence-electron chi connectivity index (χ2n) is 10.2. The van der Waals surface area contributed by atoms with Crippen LogP contribution in [0.3, 0.4) is 0 Å². The van der Waals surface area contributed by atoms with Crippen molar-refractivity contribution >= 4 is 22.5 Å². The van der Waals surface area contributed by atoms with E-state index in [1.54, 1.807) is 0 Å². The molecule has 3 fully saturated rings. The van der Waals surface area contributed by atoms with Crippen molar-refractivity contribution in [1.82, 2.24) is 25.7 Å². The van der Waals surface area contributed by atoms with Gasteiger partial charge >= 0.3 is 0 Å². The number of anilines is 2. The summed E-state index contributed by atoms with van der Waals surface area (Å²) in [6.45, 7) is 8.10. The standard InChI is InChI=1S/C24H37N7/c1-15(2)14-31-18-6-4-7-19(31)12-17(11-18)26-24-20-8-5-9-25-21(20)13-22(28-24)27-23-10-16(3)29-30-23/h5,8-9,13,15-19,23,29-30H,4,6-7,10-12,14H2,1-3H3,(H2,26,27,28)/t16?,17?,18-,19+,23?. The van der Waals surface area contributed by atoms with Crippen LogP contribution < -0.4 is 21.5 Å². The Labute approximate surface area is 185 Å². The van der Waals surface area contributed by atoms with Crippen LogP contribution in [0.2, 0.25) is 0 Å². The summed E-state index contributed by atoms with van der Waals surface area (Å²) in [6, 6.07) is 8.52. The maximum Gasteiger partial charge on any atom is 0.138 e. The molecular formula is C24H37N7. The Hall–Kier alpha value is -1.96. The van der Waals surface area contributed by atoms with Gasteiger partial charge in [-0.15, -0.1) is 0 Å². The molecule has 5 rings (SSSR count). The average molecular weight is 424 g/mol. The Bertz CT molecular complexity index is 887. The van der Waals surface area contributed by atoms with Crippen LogP contribution in [-0.4, -0.2) is 51.7 Å². The van der Waals surface area contributed by atoms with Gasteiger partial charge < -0.3 is 10.6 Å². The topological polar surface area (TPSA) is 77.1 Å². The van der Waals surface area contributed by atoms with E-state index in [-0.39, 0.29) is 6.17 Å². The number of piperidine rings is 2. The summed E-state index contributed by atoms with van der Waals surface area (Å²) in [4.78, 5) is 12.4. The number of rotatable bonds is 6. The number of nitrogens with zero attached hydrogens (tertiary/aromatic N) is 3. The first-order chi connectivity index (χ1) is 15.0. The van der Waals surface area contributed by atoms with Crippen LogP contribution in [0.1, 0.15) is 59.3 Å². The third kappa shape index (κ3) is 4.64. The fraction of sp³-hybridized carbons (Fsp3) is 0.667. The highest BCUT2D eigenvalue weighted by atomic mass is 15.5. The van der Waals surface area contributed by atoms with Crippen LogP contribution in [0, 0.1) is 5.92 Å². The van der Waals surface area contributed by atoms with Crippen LogP contribution in [-0.2, 0) is 0 Å². The van der Waals surface area contributed by atoms with Crippen LogP contribution in [0.25, 0.3) is 10.9 Å². The van der Waals surface area contributed by atoms with Crippen molar-refractivity contribution in [2.45, 2.75) is 89.6 Å². The van der Waals surface area contributed by atoms with Gasteiger partial charge in [0.15, 0.2) is 0 Å². The van der Waals surface area contributed by atoms with E-state index in [1.165, 1.54) is 38.6 Å². The molecular weight excluding hydrogens is 386 g/mol. The monoisotopic (exact) mass is 423 g/mol. The number of pyridine rings is 2. The van der Waals surface area contributed by atoms with Crippen molar-refractivity contribution in [2.24, 2.45) is 5.92 Å². The predicted octanol–water partition coefficient (Wildman–Crippen LogP) is 3.71. The molecule has 168 valence electrons. The zero-order chi connectivity index (χ0) is 21.4. The zero-order valence-electron chi connectivity index (χ0n) is 19.1. The van der Waals surface area contributed by atoms with Crippen molar-refractivity contribution in [3.63, 3.8) is 0 Å². The largest absolute Gasteiger partial charge is 0.367 e. The third-order valence-corrected chi connectivity index (χ3v) is 7.06. The van der Waals surface area contributed by atoms with Crippen molar-refractivity contribution in [1.29, 1.82) is 0 Å². The molecule has 7 nitrogen and oxygen atoms in total. The lowest BCUT2D eigenvalue weighted by Crippen LogP contribution is -2.55. The molecule has 5 heterocycles. The number of hydrazine groups is 1. The van der Waals surface area contributed by atoms with Gasteiger partial charge in [0.1, 0.15) is 11.6 Å². The first kappa shape index (κ1) is 20.9. The third-order valence-electron chi connectivity index (χ3n) is 7.06. The van der Waals surface area contributed by atoms with Crippen molar-refractivity contribution in [3.8, 4) is 0 Å². The van der Waals surface area contributed by atoms with Crippen LogP contribution in [0.4, 0.5) is 11.6 Å². The lowest BCUT2D eigenvalue weighted by Gasteiger charge is -2.49. The van der Waals surface area contributed by atoms with E-state index in [4.69, 9.17) is 4.98 Å².